The maximum absolute atomic E-state index is 10.8. The second-order valence-corrected chi connectivity index (χ2v) is 5.85. The number of nitro benzene ring substituents is 1. The lowest BCUT2D eigenvalue weighted by atomic mass is 9.77. The van der Waals surface area contributed by atoms with E-state index >= 15 is 0 Å². The van der Waals surface area contributed by atoms with E-state index in [0.717, 1.165) is 25.7 Å². The molecule has 6 heteroatoms. The number of anilines is 1. The van der Waals surface area contributed by atoms with Crippen molar-refractivity contribution in [3.63, 3.8) is 0 Å². The molecule has 0 bridgehead atoms. The molecule has 0 spiro atoms. The first-order valence-electron chi connectivity index (χ1n) is 7.07. The zero-order chi connectivity index (χ0) is 15.5. The van der Waals surface area contributed by atoms with Crippen molar-refractivity contribution >= 4 is 11.4 Å². The predicted octanol–water partition coefficient (Wildman–Crippen LogP) is 2.82. The van der Waals surface area contributed by atoms with Gasteiger partial charge in [0.05, 0.1) is 17.1 Å². The summed E-state index contributed by atoms with van der Waals surface area (Å²) in [5, 5.41) is 32.9. The number of benzene rings is 1. The monoisotopic (exact) mass is 289 g/mol. The average molecular weight is 289 g/mol. The Bertz CT molecular complexity index is 572. The van der Waals surface area contributed by atoms with Crippen molar-refractivity contribution in [1.29, 1.82) is 5.26 Å². The average Bonchev–Trinajstić information content (AvgIpc) is 2.49. The number of nitriles is 1. The highest BCUT2D eigenvalue weighted by molar-refractivity contribution is 5.59. The Kier molecular flexibility index (Phi) is 4.43. The van der Waals surface area contributed by atoms with Gasteiger partial charge >= 0.3 is 0 Å². The van der Waals surface area contributed by atoms with Crippen molar-refractivity contribution in [3.05, 3.63) is 33.9 Å². The normalized spacial score (nSPS) is 25.1. The Morgan fingerprint density at radius 2 is 2.19 bits per heavy atom. The number of nitrogens with zero attached hydrogens (tertiary/aromatic N) is 2. The van der Waals surface area contributed by atoms with Gasteiger partial charge < -0.3 is 10.4 Å². The Balaban J connectivity index is 2.23. The van der Waals surface area contributed by atoms with Crippen LogP contribution in [-0.2, 0) is 0 Å². The van der Waals surface area contributed by atoms with Crippen molar-refractivity contribution in [2.45, 2.75) is 38.1 Å². The third-order valence-electron chi connectivity index (χ3n) is 4.26. The Labute approximate surface area is 123 Å². The summed E-state index contributed by atoms with van der Waals surface area (Å²) in [4.78, 5) is 10.3. The van der Waals surface area contributed by atoms with Crippen LogP contribution in [0.15, 0.2) is 18.2 Å². The van der Waals surface area contributed by atoms with E-state index < -0.39 is 10.5 Å². The van der Waals surface area contributed by atoms with Crippen molar-refractivity contribution in [1.82, 2.24) is 0 Å². The smallest absolute Gasteiger partial charge is 0.287 e. The Morgan fingerprint density at radius 1 is 1.52 bits per heavy atom. The largest absolute Gasteiger partial charge is 0.394 e. The minimum Gasteiger partial charge on any atom is -0.394 e. The Hall–Kier alpha value is -2.13. The van der Waals surface area contributed by atoms with Crippen LogP contribution in [0, 0.1) is 27.4 Å². The molecule has 1 aromatic rings. The third-order valence-corrected chi connectivity index (χ3v) is 4.26. The summed E-state index contributed by atoms with van der Waals surface area (Å²) in [5.41, 5.74) is 0.0800. The molecule has 6 nitrogen and oxygen atoms in total. The van der Waals surface area contributed by atoms with Gasteiger partial charge in [-0.15, -0.1) is 0 Å². The number of rotatable bonds is 4. The molecule has 1 fully saturated rings. The molecule has 1 aliphatic carbocycles. The summed E-state index contributed by atoms with van der Waals surface area (Å²) in [6, 6.07) is 6.25. The molecule has 2 N–H and O–H groups in total. The highest BCUT2D eigenvalue weighted by Gasteiger charge is 2.33. The lowest BCUT2D eigenvalue weighted by Crippen LogP contribution is -2.45. The number of nitrogens with one attached hydrogen (secondary N) is 1. The molecular formula is C15H19N3O3. The fraction of sp³-hybridized carbons (Fsp3) is 0.533. The first-order valence-corrected chi connectivity index (χ1v) is 7.07. The second kappa shape index (κ2) is 6.10. The third kappa shape index (κ3) is 3.31. The van der Waals surface area contributed by atoms with E-state index in [2.05, 4.69) is 12.2 Å². The summed E-state index contributed by atoms with van der Waals surface area (Å²) in [6.07, 6.45) is 3.77. The van der Waals surface area contributed by atoms with Gasteiger partial charge in [0.2, 0.25) is 0 Å². The summed E-state index contributed by atoms with van der Waals surface area (Å²) < 4.78 is 0. The minimum atomic E-state index is -0.563. The fourth-order valence-corrected chi connectivity index (χ4v) is 2.81. The summed E-state index contributed by atoms with van der Waals surface area (Å²) in [7, 11) is 0. The van der Waals surface area contributed by atoms with Crippen LogP contribution < -0.4 is 5.32 Å². The quantitative estimate of drug-likeness (QED) is 0.656. The van der Waals surface area contributed by atoms with Crippen LogP contribution in [0.4, 0.5) is 11.4 Å². The number of aliphatic hydroxyl groups excluding tert-OH is 1. The molecule has 0 aromatic heterocycles. The van der Waals surface area contributed by atoms with Gasteiger partial charge in [0, 0.05) is 11.8 Å². The number of aliphatic hydroxyl groups is 1. The Morgan fingerprint density at radius 3 is 2.71 bits per heavy atom. The molecule has 2 rings (SSSR count). The van der Waals surface area contributed by atoms with E-state index in [1.807, 2.05) is 6.07 Å². The van der Waals surface area contributed by atoms with Crippen LogP contribution in [0.25, 0.3) is 0 Å². The van der Waals surface area contributed by atoms with Crippen LogP contribution in [0.2, 0.25) is 0 Å². The van der Waals surface area contributed by atoms with Crippen molar-refractivity contribution < 1.29 is 10.0 Å². The lowest BCUT2D eigenvalue weighted by molar-refractivity contribution is -0.385. The van der Waals surface area contributed by atoms with Crippen LogP contribution in [-0.4, -0.2) is 22.2 Å². The van der Waals surface area contributed by atoms with Crippen molar-refractivity contribution in [2.24, 2.45) is 5.92 Å². The topological polar surface area (TPSA) is 99.2 Å². The molecule has 1 aliphatic rings. The summed E-state index contributed by atoms with van der Waals surface area (Å²) >= 11 is 0. The maximum Gasteiger partial charge on any atom is 0.287 e. The molecule has 0 radical (unpaired) electrons. The van der Waals surface area contributed by atoms with E-state index in [0.29, 0.717) is 11.6 Å². The molecule has 0 amide bonds. The van der Waals surface area contributed by atoms with Gasteiger partial charge in [-0.25, -0.2) is 0 Å². The van der Waals surface area contributed by atoms with Crippen molar-refractivity contribution in [2.75, 3.05) is 11.9 Å². The molecule has 0 heterocycles. The van der Waals surface area contributed by atoms with Crippen LogP contribution in [0.1, 0.15) is 38.2 Å². The maximum atomic E-state index is 10.8. The molecule has 21 heavy (non-hydrogen) atoms. The summed E-state index contributed by atoms with van der Waals surface area (Å²) in [6.45, 7) is 2.21. The first kappa shape index (κ1) is 15.3. The highest BCUT2D eigenvalue weighted by atomic mass is 16.6. The molecule has 0 saturated heterocycles. The molecular weight excluding hydrogens is 270 g/mol. The van der Waals surface area contributed by atoms with Gasteiger partial charge in [0.1, 0.15) is 11.6 Å². The molecule has 1 aromatic carbocycles. The van der Waals surface area contributed by atoms with Crippen LogP contribution in [0.3, 0.4) is 0 Å². The zero-order valence-electron chi connectivity index (χ0n) is 12.0. The van der Waals surface area contributed by atoms with E-state index in [-0.39, 0.29) is 17.9 Å². The molecule has 0 aliphatic heterocycles. The molecule has 0 atom stereocenters. The molecule has 0 unspecified atom stereocenters. The van der Waals surface area contributed by atoms with Gasteiger partial charge in [-0.1, -0.05) is 6.92 Å². The number of nitro groups is 1. The zero-order valence-corrected chi connectivity index (χ0v) is 12.0. The molecule has 1 saturated carbocycles. The van der Waals surface area contributed by atoms with Crippen molar-refractivity contribution in [3.8, 4) is 6.07 Å². The highest BCUT2D eigenvalue weighted by Crippen LogP contribution is 2.35. The summed E-state index contributed by atoms with van der Waals surface area (Å²) in [5.74, 6) is 0.651. The predicted molar refractivity (Wildman–Crippen MR) is 78.9 cm³/mol. The lowest BCUT2D eigenvalue weighted by Gasteiger charge is -2.39. The first-order chi connectivity index (χ1) is 9.99. The SMILES string of the molecule is CC1CCC(CO)(Nc2ccc([N+](=O)[O-])c(C#N)c2)CC1. The number of hydrogen-bond donors (Lipinski definition) is 2. The van der Waals surface area contributed by atoms with E-state index in [4.69, 9.17) is 5.26 Å². The molecule has 112 valence electrons. The van der Waals surface area contributed by atoms with E-state index in [1.165, 1.54) is 12.1 Å². The second-order valence-electron chi connectivity index (χ2n) is 5.85. The van der Waals surface area contributed by atoms with E-state index in [1.54, 1.807) is 6.07 Å². The minimum absolute atomic E-state index is 0.0125. The number of hydrogen-bond acceptors (Lipinski definition) is 5. The van der Waals surface area contributed by atoms with Gasteiger partial charge in [0.15, 0.2) is 0 Å². The van der Waals surface area contributed by atoms with Gasteiger partial charge in [-0.3, -0.25) is 10.1 Å². The van der Waals surface area contributed by atoms with E-state index in [9.17, 15) is 15.2 Å². The van der Waals surface area contributed by atoms with Gasteiger partial charge in [-0.2, -0.15) is 5.26 Å². The van der Waals surface area contributed by atoms with Crippen LogP contribution in [0.5, 0.6) is 0 Å². The van der Waals surface area contributed by atoms with Gasteiger partial charge in [-0.05, 0) is 43.7 Å². The standard InChI is InChI=1S/C15H19N3O3/c1-11-4-6-15(10-19,7-5-11)17-13-2-3-14(18(20)21)12(8-13)9-16/h2-3,8,11,17,19H,4-7,10H2,1H3. The fourth-order valence-electron chi connectivity index (χ4n) is 2.81. The van der Waals surface area contributed by atoms with Crippen LogP contribution >= 0.6 is 0 Å². The van der Waals surface area contributed by atoms with Gasteiger partial charge in [0.25, 0.3) is 5.69 Å².